The first kappa shape index (κ1) is 14.8. The number of nitrogens with zero attached hydrogens (tertiary/aromatic N) is 1. The summed E-state index contributed by atoms with van der Waals surface area (Å²) < 4.78 is 19.0. The summed E-state index contributed by atoms with van der Waals surface area (Å²) in [5, 5.41) is 2.74. The standard InChI is InChI=1S/C16H15FN2O2/c1-3-4-5-13(17)11(2)10-21-15-7-6-12-14(19-15)8-9-18-16(12)20/h1,4-7H,8-10H2,2H3,(H,18,20). The minimum Gasteiger partial charge on any atom is -0.473 e. The van der Waals surface area contributed by atoms with Crippen LogP contribution >= 0.6 is 0 Å². The molecule has 0 saturated carbocycles. The molecule has 2 heterocycles. The van der Waals surface area contributed by atoms with Crippen molar-refractivity contribution in [2.24, 2.45) is 0 Å². The molecular formula is C16H15FN2O2. The third kappa shape index (κ3) is 3.69. The zero-order chi connectivity index (χ0) is 15.2. The fourth-order valence-electron chi connectivity index (χ4n) is 1.86. The third-order valence-corrected chi connectivity index (χ3v) is 3.01. The van der Waals surface area contributed by atoms with E-state index in [0.717, 1.165) is 0 Å². The third-order valence-electron chi connectivity index (χ3n) is 3.01. The summed E-state index contributed by atoms with van der Waals surface area (Å²) in [6.07, 6.45) is 8.18. The molecule has 1 aromatic heterocycles. The van der Waals surface area contributed by atoms with E-state index in [9.17, 15) is 9.18 Å². The van der Waals surface area contributed by atoms with Gasteiger partial charge in [0.05, 0.1) is 11.3 Å². The van der Waals surface area contributed by atoms with E-state index in [-0.39, 0.29) is 12.5 Å². The van der Waals surface area contributed by atoms with Crippen molar-refractivity contribution in [2.75, 3.05) is 13.2 Å². The van der Waals surface area contributed by atoms with Gasteiger partial charge in [-0.25, -0.2) is 9.37 Å². The second kappa shape index (κ2) is 6.71. The van der Waals surface area contributed by atoms with Crippen LogP contribution in [0.3, 0.4) is 0 Å². The van der Waals surface area contributed by atoms with Gasteiger partial charge in [-0.05, 0) is 30.7 Å². The second-order valence-electron chi connectivity index (χ2n) is 4.57. The van der Waals surface area contributed by atoms with Crippen molar-refractivity contribution in [3.63, 3.8) is 0 Å². The molecule has 0 atom stereocenters. The number of terminal acetylenes is 1. The van der Waals surface area contributed by atoms with Gasteiger partial charge >= 0.3 is 0 Å². The lowest BCUT2D eigenvalue weighted by molar-refractivity contribution is 0.0945. The van der Waals surface area contributed by atoms with Gasteiger partial charge in [0.1, 0.15) is 12.4 Å². The molecule has 108 valence electrons. The van der Waals surface area contributed by atoms with Gasteiger partial charge in [0.15, 0.2) is 0 Å². The predicted molar refractivity (Wildman–Crippen MR) is 77.6 cm³/mol. The Bertz CT molecular complexity index is 657. The lowest BCUT2D eigenvalue weighted by Crippen LogP contribution is -2.32. The zero-order valence-electron chi connectivity index (χ0n) is 11.6. The SMILES string of the molecule is C#CC=CC(F)=C(C)COc1ccc2c(n1)CCNC2=O. The number of pyridine rings is 1. The molecule has 1 aliphatic rings. The van der Waals surface area contributed by atoms with E-state index < -0.39 is 5.83 Å². The Kier molecular flexibility index (Phi) is 4.72. The molecule has 21 heavy (non-hydrogen) atoms. The summed E-state index contributed by atoms with van der Waals surface area (Å²) in [7, 11) is 0. The van der Waals surface area contributed by atoms with Crippen LogP contribution in [0.25, 0.3) is 0 Å². The number of allylic oxidation sites excluding steroid dienone is 3. The van der Waals surface area contributed by atoms with Crippen molar-refractivity contribution in [1.29, 1.82) is 0 Å². The van der Waals surface area contributed by atoms with Gasteiger partial charge in [0, 0.05) is 19.0 Å². The summed E-state index contributed by atoms with van der Waals surface area (Å²) in [6.45, 7) is 2.24. The van der Waals surface area contributed by atoms with Gasteiger partial charge in [-0.1, -0.05) is 5.92 Å². The Morgan fingerprint density at radius 3 is 3.19 bits per heavy atom. The van der Waals surface area contributed by atoms with E-state index in [1.165, 1.54) is 12.2 Å². The minimum atomic E-state index is -0.426. The Balaban J connectivity index is 2.06. The van der Waals surface area contributed by atoms with Gasteiger partial charge in [-0.2, -0.15) is 0 Å². The summed E-state index contributed by atoms with van der Waals surface area (Å²) in [4.78, 5) is 15.9. The van der Waals surface area contributed by atoms with E-state index >= 15 is 0 Å². The van der Waals surface area contributed by atoms with E-state index in [0.29, 0.717) is 35.7 Å². The molecule has 5 heteroatoms. The van der Waals surface area contributed by atoms with Crippen LogP contribution in [0.15, 0.2) is 35.7 Å². The molecule has 1 aliphatic heterocycles. The number of halogens is 1. The summed E-state index contributed by atoms with van der Waals surface area (Å²) in [6, 6.07) is 3.27. The maximum absolute atomic E-state index is 13.6. The van der Waals surface area contributed by atoms with Crippen LogP contribution in [0, 0.1) is 12.3 Å². The van der Waals surface area contributed by atoms with Crippen molar-refractivity contribution in [2.45, 2.75) is 13.3 Å². The first-order chi connectivity index (χ1) is 10.1. The number of rotatable bonds is 4. The molecular weight excluding hydrogens is 271 g/mol. The molecule has 4 nitrogen and oxygen atoms in total. The topological polar surface area (TPSA) is 51.2 Å². The zero-order valence-corrected chi connectivity index (χ0v) is 11.6. The fourth-order valence-corrected chi connectivity index (χ4v) is 1.86. The maximum atomic E-state index is 13.6. The van der Waals surface area contributed by atoms with Gasteiger partial charge in [0.25, 0.3) is 5.91 Å². The molecule has 2 rings (SSSR count). The molecule has 0 saturated heterocycles. The molecule has 0 radical (unpaired) electrons. The van der Waals surface area contributed by atoms with Gasteiger partial charge in [0.2, 0.25) is 5.88 Å². The molecule has 0 aliphatic carbocycles. The summed E-state index contributed by atoms with van der Waals surface area (Å²) >= 11 is 0. The van der Waals surface area contributed by atoms with Gasteiger partial charge < -0.3 is 10.1 Å². The van der Waals surface area contributed by atoms with E-state index in [4.69, 9.17) is 11.2 Å². The largest absolute Gasteiger partial charge is 0.473 e. The lowest BCUT2D eigenvalue weighted by atomic mass is 10.1. The van der Waals surface area contributed by atoms with Gasteiger partial charge in [-0.3, -0.25) is 4.79 Å². The highest BCUT2D eigenvalue weighted by molar-refractivity contribution is 5.96. The van der Waals surface area contributed by atoms with Crippen molar-refractivity contribution in [3.05, 3.63) is 46.9 Å². The molecule has 0 unspecified atom stereocenters. The van der Waals surface area contributed by atoms with Crippen LogP contribution < -0.4 is 10.1 Å². The monoisotopic (exact) mass is 286 g/mol. The number of amides is 1. The average Bonchev–Trinajstić information content (AvgIpc) is 2.50. The number of hydrogen-bond donors (Lipinski definition) is 1. The quantitative estimate of drug-likeness (QED) is 0.682. The molecule has 1 aromatic rings. The molecule has 1 amide bonds. The lowest BCUT2D eigenvalue weighted by Gasteiger charge is -2.16. The fraction of sp³-hybridized carbons (Fsp3) is 0.250. The highest BCUT2D eigenvalue weighted by atomic mass is 19.1. The summed E-state index contributed by atoms with van der Waals surface area (Å²) in [5.74, 6) is 2.04. The predicted octanol–water partition coefficient (Wildman–Crippen LogP) is 2.18. The Morgan fingerprint density at radius 1 is 1.62 bits per heavy atom. The van der Waals surface area contributed by atoms with Crippen LogP contribution in [-0.4, -0.2) is 24.0 Å². The van der Waals surface area contributed by atoms with E-state index in [2.05, 4.69) is 16.2 Å². The highest BCUT2D eigenvalue weighted by Crippen LogP contribution is 2.17. The summed E-state index contributed by atoms with van der Waals surface area (Å²) in [5.41, 5.74) is 1.67. The Labute approximate surface area is 122 Å². The number of carbonyl (C=O) groups excluding carboxylic acids is 1. The Morgan fingerprint density at radius 2 is 2.43 bits per heavy atom. The van der Waals surface area contributed by atoms with Crippen molar-refractivity contribution < 1.29 is 13.9 Å². The molecule has 1 N–H and O–H groups in total. The number of hydrogen-bond acceptors (Lipinski definition) is 3. The number of fused-ring (bicyclic) bond motifs is 1. The van der Waals surface area contributed by atoms with Crippen LogP contribution in [0.5, 0.6) is 5.88 Å². The number of carbonyl (C=O) groups is 1. The second-order valence-corrected chi connectivity index (χ2v) is 4.57. The Hall–Kier alpha value is -2.61. The van der Waals surface area contributed by atoms with Crippen LogP contribution in [0.4, 0.5) is 4.39 Å². The first-order valence-electron chi connectivity index (χ1n) is 6.50. The van der Waals surface area contributed by atoms with Gasteiger partial charge in [-0.15, -0.1) is 6.42 Å². The van der Waals surface area contributed by atoms with E-state index in [1.54, 1.807) is 19.1 Å². The van der Waals surface area contributed by atoms with Crippen molar-refractivity contribution in [3.8, 4) is 18.2 Å². The van der Waals surface area contributed by atoms with Crippen LogP contribution in [0.1, 0.15) is 23.0 Å². The van der Waals surface area contributed by atoms with Crippen LogP contribution in [0.2, 0.25) is 0 Å². The smallest absolute Gasteiger partial charge is 0.253 e. The van der Waals surface area contributed by atoms with Crippen molar-refractivity contribution >= 4 is 5.91 Å². The number of nitrogens with one attached hydrogen (secondary N) is 1. The van der Waals surface area contributed by atoms with Crippen LogP contribution in [-0.2, 0) is 6.42 Å². The molecule has 0 aromatic carbocycles. The van der Waals surface area contributed by atoms with E-state index in [1.807, 2.05) is 0 Å². The highest BCUT2D eigenvalue weighted by Gasteiger charge is 2.18. The average molecular weight is 286 g/mol. The molecule has 0 fully saturated rings. The maximum Gasteiger partial charge on any atom is 0.253 e. The minimum absolute atomic E-state index is 0.0682. The number of ether oxygens (including phenoxy) is 1. The molecule has 0 spiro atoms. The van der Waals surface area contributed by atoms with Crippen molar-refractivity contribution in [1.82, 2.24) is 10.3 Å². The number of aromatic nitrogens is 1. The molecule has 0 bridgehead atoms. The first-order valence-corrected chi connectivity index (χ1v) is 6.50. The normalized spacial score (nSPS) is 15.0.